The lowest BCUT2D eigenvalue weighted by Crippen LogP contribution is -2.18. The van der Waals surface area contributed by atoms with Gasteiger partial charge in [0.2, 0.25) is 0 Å². The largest absolute Gasteiger partial charge is 0.238 e. The number of nitrogens with one attached hydrogen (secondary N) is 1. The fraction of sp³-hybridized carbons (Fsp3) is 0.500. The third-order valence-corrected chi connectivity index (χ3v) is 6.37. The summed E-state index contributed by atoms with van der Waals surface area (Å²) in [7, 11) is -1.62. The van der Waals surface area contributed by atoms with Crippen molar-refractivity contribution in [2.24, 2.45) is 0 Å². The molecule has 0 aromatic rings. The van der Waals surface area contributed by atoms with Gasteiger partial charge in [0.25, 0.3) is 0 Å². The summed E-state index contributed by atoms with van der Waals surface area (Å²) in [5.41, 5.74) is 0. The highest BCUT2D eigenvalue weighted by atomic mass is 32.3. The summed E-state index contributed by atoms with van der Waals surface area (Å²) in [6, 6.07) is 0. The Labute approximate surface area is 73.9 Å². The Morgan fingerprint density at radius 1 is 0.909 bits per heavy atom. The van der Waals surface area contributed by atoms with Crippen LogP contribution in [0.4, 0.5) is 0 Å². The first-order valence-electron chi connectivity index (χ1n) is 3.33. The molecule has 0 amide bonds. The first-order valence-corrected chi connectivity index (χ1v) is 8.35. The van der Waals surface area contributed by atoms with Crippen molar-refractivity contribution in [1.29, 1.82) is 0 Å². The Kier molecular flexibility index (Phi) is 3.74. The average molecular weight is 193 g/mol. The van der Waals surface area contributed by atoms with Gasteiger partial charge in [-0.15, -0.1) is 0 Å². The molecule has 3 heteroatoms. The van der Waals surface area contributed by atoms with E-state index in [0.717, 1.165) is 0 Å². The van der Waals surface area contributed by atoms with E-state index >= 15 is 0 Å². The maximum Gasteiger partial charge on any atom is -0.0185 e. The molecule has 0 saturated heterocycles. The van der Waals surface area contributed by atoms with Crippen LogP contribution in [0.3, 0.4) is 0 Å². The average Bonchev–Trinajstić information content (AvgIpc) is 1.86. The van der Waals surface area contributed by atoms with Crippen LogP contribution in [0.15, 0.2) is 24.0 Å². The molecule has 1 N–H and O–H groups in total. The van der Waals surface area contributed by atoms with Gasteiger partial charge in [0.1, 0.15) is 0 Å². The first kappa shape index (κ1) is 11.1. The molecule has 0 rings (SSSR count). The van der Waals surface area contributed by atoms with Gasteiger partial charge in [-0.3, -0.25) is 0 Å². The predicted octanol–water partition coefficient (Wildman–Crippen LogP) is 2.82. The molecule has 0 atom stereocenters. The molecule has 0 spiro atoms. The van der Waals surface area contributed by atoms with Crippen molar-refractivity contribution in [2.45, 2.75) is 0 Å². The minimum Gasteiger partial charge on any atom is -0.238 e. The number of hydrogen-bond acceptors (Lipinski definition) is 1. The summed E-state index contributed by atoms with van der Waals surface area (Å²) in [5.74, 6) is 0. The van der Waals surface area contributed by atoms with Gasteiger partial charge in [0, 0.05) is 0 Å². The van der Waals surface area contributed by atoms with Crippen LogP contribution in [0.1, 0.15) is 0 Å². The van der Waals surface area contributed by atoms with Gasteiger partial charge in [-0.2, -0.15) is 20.4 Å². The van der Waals surface area contributed by atoms with Crippen molar-refractivity contribution in [2.75, 3.05) is 25.0 Å². The smallest absolute Gasteiger partial charge is 0.0185 e. The molecule has 0 saturated carbocycles. The summed E-state index contributed by atoms with van der Waals surface area (Å²) in [5, 5.41) is 4.01. The Balaban J connectivity index is 4.23. The topological polar surface area (TPSA) is 12.0 Å². The Morgan fingerprint density at radius 3 is 1.36 bits per heavy atom. The fourth-order valence-corrected chi connectivity index (χ4v) is 5.59. The molecule has 0 bridgehead atoms. The molecule has 0 aliphatic rings. The van der Waals surface area contributed by atoms with E-state index < -0.39 is 20.4 Å². The lowest BCUT2D eigenvalue weighted by Gasteiger charge is -2.40. The van der Waals surface area contributed by atoms with E-state index in [1.54, 1.807) is 0 Å². The molecule has 68 valence electrons. The highest BCUT2D eigenvalue weighted by Crippen LogP contribution is 2.49. The second kappa shape index (κ2) is 3.70. The van der Waals surface area contributed by atoms with Crippen LogP contribution in [0.2, 0.25) is 0 Å². The zero-order chi connectivity index (χ0) is 9.12. The second-order valence-corrected chi connectivity index (χ2v) is 10.2. The van der Waals surface area contributed by atoms with Crippen molar-refractivity contribution in [3.05, 3.63) is 24.0 Å². The van der Waals surface area contributed by atoms with Crippen molar-refractivity contribution in [3.63, 3.8) is 0 Å². The van der Waals surface area contributed by atoms with Crippen molar-refractivity contribution >= 4 is 20.4 Å². The van der Waals surface area contributed by atoms with Gasteiger partial charge in [0.15, 0.2) is 0 Å². The molecule has 11 heavy (non-hydrogen) atoms. The summed E-state index contributed by atoms with van der Waals surface area (Å²) >= 11 is 0. The van der Waals surface area contributed by atoms with Gasteiger partial charge in [-0.25, -0.2) is 4.13 Å². The standard InChI is InChI=1S/C8H19NS2/c1-7-10(3,4)9-11(5,6)8-2/h7-9H,1-2H2,3-6H3. The molecule has 0 unspecified atom stereocenters. The molecule has 1 nitrogen and oxygen atoms in total. The van der Waals surface area contributed by atoms with E-state index in [1.165, 1.54) is 0 Å². The maximum atomic E-state index is 3.80. The molecule has 0 radical (unpaired) electrons. The maximum absolute atomic E-state index is 3.80. The zero-order valence-corrected chi connectivity index (χ0v) is 9.52. The monoisotopic (exact) mass is 193 g/mol. The summed E-state index contributed by atoms with van der Waals surface area (Å²) in [4.78, 5) is 0. The SMILES string of the molecule is C=CS(C)(C)NS(C)(C)C=C. The minimum absolute atomic E-state index is 0.810. The van der Waals surface area contributed by atoms with Crippen LogP contribution in [0.25, 0.3) is 0 Å². The fourth-order valence-electron chi connectivity index (χ4n) is 0.622. The Hall–Kier alpha value is 0.140. The van der Waals surface area contributed by atoms with Crippen LogP contribution in [-0.2, 0) is 0 Å². The van der Waals surface area contributed by atoms with E-state index in [0.29, 0.717) is 0 Å². The quantitative estimate of drug-likeness (QED) is 0.724. The van der Waals surface area contributed by atoms with Gasteiger partial charge in [-0.05, 0) is 35.8 Å². The van der Waals surface area contributed by atoms with E-state index in [9.17, 15) is 0 Å². The second-order valence-electron chi connectivity index (χ2n) is 3.23. The predicted molar refractivity (Wildman–Crippen MR) is 62.4 cm³/mol. The van der Waals surface area contributed by atoms with Crippen LogP contribution >= 0.6 is 20.4 Å². The first-order chi connectivity index (χ1) is 4.83. The number of hydrogen-bond donors (Lipinski definition) is 1. The normalized spacial score (nSPS) is 15.6. The molecular formula is C8H19NS2. The van der Waals surface area contributed by atoms with Gasteiger partial charge in [-0.1, -0.05) is 13.2 Å². The van der Waals surface area contributed by atoms with Gasteiger partial charge < -0.3 is 0 Å². The van der Waals surface area contributed by atoms with E-state index in [4.69, 9.17) is 0 Å². The third-order valence-electron chi connectivity index (χ3n) is 1.26. The molecule has 0 aromatic carbocycles. The molecular weight excluding hydrogens is 174 g/mol. The molecule has 0 aromatic heterocycles. The lowest BCUT2D eigenvalue weighted by molar-refractivity contribution is 1.62. The Bertz CT molecular complexity index is 143. The van der Waals surface area contributed by atoms with E-state index in [1.807, 2.05) is 10.8 Å². The summed E-state index contributed by atoms with van der Waals surface area (Å²) < 4.78 is 3.56. The van der Waals surface area contributed by atoms with E-state index in [2.05, 4.69) is 42.3 Å². The van der Waals surface area contributed by atoms with Gasteiger partial charge in [0.05, 0.1) is 0 Å². The van der Waals surface area contributed by atoms with Crippen LogP contribution in [0.5, 0.6) is 0 Å². The van der Waals surface area contributed by atoms with Crippen molar-refractivity contribution in [1.82, 2.24) is 4.13 Å². The molecule has 0 heterocycles. The highest BCUT2D eigenvalue weighted by molar-refractivity contribution is 8.47. The lowest BCUT2D eigenvalue weighted by atomic mass is 11.3. The number of rotatable bonds is 4. The third kappa shape index (κ3) is 4.56. The van der Waals surface area contributed by atoms with Crippen LogP contribution in [0, 0.1) is 0 Å². The molecule has 0 aliphatic carbocycles. The summed E-state index contributed by atoms with van der Waals surface area (Å²) in [6.07, 6.45) is 8.77. The molecule has 0 aliphatic heterocycles. The zero-order valence-electron chi connectivity index (χ0n) is 7.89. The molecule has 0 fully saturated rings. The highest BCUT2D eigenvalue weighted by Gasteiger charge is 2.13. The van der Waals surface area contributed by atoms with Crippen LogP contribution in [-0.4, -0.2) is 25.0 Å². The summed E-state index contributed by atoms with van der Waals surface area (Å²) in [6.45, 7) is 7.61. The Morgan fingerprint density at radius 2 is 1.18 bits per heavy atom. The van der Waals surface area contributed by atoms with Crippen molar-refractivity contribution in [3.8, 4) is 0 Å². The van der Waals surface area contributed by atoms with Crippen LogP contribution < -0.4 is 4.13 Å². The van der Waals surface area contributed by atoms with Crippen molar-refractivity contribution < 1.29 is 0 Å². The van der Waals surface area contributed by atoms with Gasteiger partial charge >= 0.3 is 0 Å². The van der Waals surface area contributed by atoms with E-state index in [-0.39, 0.29) is 0 Å². The minimum atomic E-state index is -0.810.